The third-order valence-electron chi connectivity index (χ3n) is 5.17. The summed E-state index contributed by atoms with van der Waals surface area (Å²) in [7, 11) is 0. The number of hydrogen-bond acceptors (Lipinski definition) is 2. The first-order valence-corrected chi connectivity index (χ1v) is 8.37. The van der Waals surface area contributed by atoms with Crippen molar-refractivity contribution in [2.24, 2.45) is 5.92 Å². The molecule has 2 atom stereocenters. The topological polar surface area (TPSA) is 33.2 Å². The second-order valence-electron chi connectivity index (χ2n) is 6.77. The number of rotatable bonds is 2. The maximum atomic E-state index is 13.0. The fraction of sp³-hybridized carbons (Fsp3) is 0.368. The Morgan fingerprint density at radius 3 is 2.68 bits per heavy atom. The van der Waals surface area contributed by atoms with Crippen molar-refractivity contribution in [1.29, 1.82) is 0 Å². The van der Waals surface area contributed by atoms with E-state index in [0.29, 0.717) is 22.7 Å². The second-order valence-corrected chi connectivity index (χ2v) is 6.77. The Bertz CT molecular complexity index is 818. The fourth-order valence-corrected chi connectivity index (χ4v) is 3.98. The number of aromatic nitrogens is 1. The van der Waals surface area contributed by atoms with Gasteiger partial charge in [-0.3, -0.25) is 9.78 Å². The maximum Gasteiger partial charge on any atom is 0.416 e. The summed E-state index contributed by atoms with van der Waals surface area (Å²) in [5, 5.41) is 0. The Labute approximate surface area is 143 Å². The largest absolute Gasteiger partial charge is 0.416 e. The van der Waals surface area contributed by atoms with Crippen molar-refractivity contribution in [3.8, 4) is 11.3 Å². The molecule has 0 radical (unpaired) electrons. The summed E-state index contributed by atoms with van der Waals surface area (Å²) in [5.41, 5.74) is 0.244. The van der Waals surface area contributed by atoms with Crippen molar-refractivity contribution in [1.82, 2.24) is 9.88 Å². The molecule has 0 N–H and O–H groups in total. The number of hydrogen-bond donors (Lipinski definition) is 0. The van der Waals surface area contributed by atoms with Gasteiger partial charge in [0, 0.05) is 24.3 Å². The molecule has 2 aliphatic rings. The van der Waals surface area contributed by atoms with Crippen LogP contribution in [0.15, 0.2) is 42.6 Å². The van der Waals surface area contributed by atoms with Gasteiger partial charge in [-0.2, -0.15) is 13.2 Å². The van der Waals surface area contributed by atoms with Gasteiger partial charge < -0.3 is 4.90 Å². The monoisotopic (exact) mass is 346 g/mol. The molecule has 25 heavy (non-hydrogen) atoms. The molecular weight excluding hydrogens is 329 g/mol. The first-order valence-electron chi connectivity index (χ1n) is 8.37. The molecule has 6 heteroatoms. The average molecular weight is 346 g/mol. The van der Waals surface area contributed by atoms with Crippen LogP contribution in [-0.4, -0.2) is 28.4 Å². The van der Waals surface area contributed by atoms with E-state index in [1.165, 1.54) is 12.3 Å². The number of halogens is 3. The van der Waals surface area contributed by atoms with Crippen molar-refractivity contribution < 1.29 is 18.0 Å². The highest BCUT2D eigenvalue weighted by Crippen LogP contribution is 2.39. The molecule has 1 aliphatic carbocycles. The minimum absolute atomic E-state index is 0.132. The zero-order valence-corrected chi connectivity index (χ0v) is 13.5. The van der Waals surface area contributed by atoms with E-state index in [1.54, 1.807) is 18.2 Å². The van der Waals surface area contributed by atoms with E-state index in [0.717, 1.165) is 37.9 Å². The van der Waals surface area contributed by atoms with Crippen LogP contribution in [0.25, 0.3) is 11.3 Å². The lowest BCUT2D eigenvalue weighted by molar-refractivity contribution is -0.137. The summed E-state index contributed by atoms with van der Waals surface area (Å²) >= 11 is 0. The van der Waals surface area contributed by atoms with E-state index in [4.69, 9.17) is 0 Å². The molecule has 1 aromatic carbocycles. The number of nitrogens with zero attached hydrogens (tertiary/aromatic N) is 2. The molecule has 1 amide bonds. The lowest BCUT2D eigenvalue weighted by atomic mass is 10.0. The molecule has 130 valence electrons. The van der Waals surface area contributed by atoms with Gasteiger partial charge in [0.1, 0.15) is 0 Å². The molecule has 0 unspecified atom stereocenters. The van der Waals surface area contributed by atoms with Gasteiger partial charge in [-0.1, -0.05) is 12.1 Å². The summed E-state index contributed by atoms with van der Waals surface area (Å²) in [6, 6.07) is 8.54. The molecule has 2 aromatic rings. The third kappa shape index (κ3) is 2.90. The molecular formula is C19H17F3N2O. The Morgan fingerprint density at radius 1 is 1.16 bits per heavy atom. The number of fused-ring (bicyclic) bond motifs is 2. The van der Waals surface area contributed by atoms with Crippen LogP contribution >= 0.6 is 0 Å². The molecule has 1 aromatic heterocycles. The predicted molar refractivity (Wildman–Crippen MR) is 86.8 cm³/mol. The van der Waals surface area contributed by atoms with Crippen LogP contribution in [0.1, 0.15) is 35.2 Å². The summed E-state index contributed by atoms with van der Waals surface area (Å²) in [5.74, 6) is 0.426. The third-order valence-corrected chi connectivity index (χ3v) is 5.17. The lowest BCUT2D eigenvalue weighted by Crippen LogP contribution is -2.37. The number of pyridine rings is 1. The summed E-state index contributed by atoms with van der Waals surface area (Å²) in [4.78, 5) is 19.1. The normalized spacial score (nSPS) is 22.4. The van der Waals surface area contributed by atoms with Gasteiger partial charge in [-0.25, -0.2) is 0 Å². The van der Waals surface area contributed by atoms with E-state index in [-0.39, 0.29) is 11.9 Å². The average Bonchev–Trinajstić information content (AvgIpc) is 3.24. The van der Waals surface area contributed by atoms with Crippen molar-refractivity contribution in [3.63, 3.8) is 0 Å². The van der Waals surface area contributed by atoms with Crippen LogP contribution in [0.5, 0.6) is 0 Å². The van der Waals surface area contributed by atoms with Gasteiger partial charge in [0.25, 0.3) is 5.91 Å². The number of amides is 1. The fourth-order valence-electron chi connectivity index (χ4n) is 3.98. The van der Waals surface area contributed by atoms with Crippen LogP contribution in [0.2, 0.25) is 0 Å². The number of likely N-dealkylation sites (tertiary alicyclic amines) is 1. The van der Waals surface area contributed by atoms with Gasteiger partial charge in [-0.15, -0.1) is 0 Å². The van der Waals surface area contributed by atoms with E-state index in [9.17, 15) is 18.0 Å². The van der Waals surface area contributed by atoms with Crippen LogP contribution in [-0.2, 0) is 6.18 Å². The van der Waals surface area contributed by atoms with E-state index >= 15 is 0 Å². The molecule has 2 fully saturated rings. The summed E-state index contributed by atoms with van der Waals surface area (Å²) in [6.07, 6.45) is 0.272. The minimum atomic E-state index is -4.43. The lowest BCUT2D eigenvalue weighted by Gasteiger charge is -2.27. The smallest absolute Gasteiger partial charge is 0.335 e. The highest BCUT2D eigenvalue weighted by molar-refractivity contribution is 6.00. The van der Waals surface area contributed by atoms with Gasteiger partial charge >= 0.3 is 6.18 Å². The number of piperidine rings is 1. The van der Waals surface area contributed by atoms with Crippen molar-refractivity contribution >= 4 is 5.91 Å². The predicted octanol–water partition coefficient (Wildman–Crippen LogP) is 4.39. The van der Waals surface area contributed by atoms with Gasteiger partial charge in [0.05, 0.1) is 16.8 Å². The van der Waals surface area contributed by atoms with E-state index < -0.39 is 11.7 Å². The first kappa shape index (κ1) is 16.1. The molecule has 1 aliphatic heterocycles. The quantitative estimate of drug-likeness (QED) is 0.808. The molecule has 2 bridgehead atoms. The van der Waals surface area contributed by atoms with Crippen molar-refractivity contribution in [2.75, 3.05) is 6.54 Å². The zero-order valence-electron chi connectivity index (χ0n) is 13.5. The molecule has 2 heterocycles. The van der Waals surface area contributed by atoms with Gasteiger partial charge in [0.15, 0.2) is 0 Å². The van der Waals surface area contributed by atoms with E-state index in [2.05, 4.69) is 4.98 Å². The summed E-state index contributed by atoms with van der Waals surface area (Å²) < 4.78 is 39.0. The Kier molecular flexibility index (Phi) is 3.78. The van der Waals surface area contributed by atoms with Crippen molar-refractivity contribution in [2.45, 2.75) is 31.5 Å². The van der Waals surface area contributed by atoms with Gasteiger partial charge in [-0.05, 0) is 49.4 Å². The molecule has 1 saturated heterocycles. The van der Waals surface area contributed by atoms with Gasteiger partial charge in [0.2, 0.25) is 0 Å². The number of carbonyl (C=O) groups is 1. The molecule has 1 saturated carbocycles. The van der Waals surface area contributed by atoms with Crippen LogP contribution in [0.3, 0.4) is 0 Å². The van der Waals surface area contributed by atoms with Crippen LogP contribution < -0.4 is 0 Å². The first-order chi connectivity index (χ1) is 11.9. The maximum absolute atomic E-state index is 13.0. The number of benzene rings is 1. The SMILES string of the molecule is O=C(c1cccnc1-c1cccc(C(F)(F)F)c1)N1C[C@H]2CC[C@@H]1C2. The number of alkyl halides is 3. The standard InChI is InChI=1S/C19H17F3N2O/c20-19(21,22)14-4-1-3-13(10-14)17-16(5-2-8-23-17)18(25)24-11-12-6-7-15(24)9-12/h1-5,8,10,12,15H,6-7,9,11H2/t12-,15+/m0/s1. The van der Waals surface area contributed by atoms with Crippen LogP contribution in [0.4, 0.5) is 13.2 Å². The second kappa shape index (κ2) is 5.86. The number of carbonyl (C=O) groups excluding carboxylic acids is 1. The molecule has 3 nitrogen and oxygen atoms in total. The van der Waals surface area contributed by atoms with Crippen LogP contribution in [0, 0.1) is 5.92 Å². The minimum Gasteiger partial charge on any atom is -0.335 e. The molecule has 4 rings (SSSR count). The van der Waals surface area contributed by atoms with Crippen molar-refractivity contribution in [3.05, 3.63) is 53.7 Å². The highest BCUT2D eigenvalue weighted by Gasteiger charge is 2.41. The zero-order chi connectivity index (χ0) is 17.6. The molecule has 0 spiro atoms. The Morgan fingerprint density at radius 2 is 2.00 bits per heavy atom. The Hall–Kier alpha value is -2.37. The van der Waals surface area contributed by atoms with E-state index in [1.807, 2.05) is 4.90 Å². The highest BCUT2D eigenvalue weighted by atomic mass is 19.4. The Balaban J connectivity index is 1.71. The summed E-state index contributed by atoms with van der Waals surface area (Å²) in [6.45, 7) is 0.737.